The van der Waals surface area contributed by atoms with Gasteiger partial charge in [0.15, 0.2) is 0 Å². The summed E-state index contributed by atoms with van der Waals surface area (Å²) in [6, 6.07) is 8.64. The maximum absolute atomic E-state index is 12.7. The van der Waals surface area contributed by atoms with Crippen LogP contribution in [0.4, 0.5) is 13.2 Å². The van der Waals surface area contributed by atoms with E-state index in [1.54, 1.807) is 18.5 Å². The fourth-order valence-electron chi connectivity index (χ4n) is 2.49. The van der Waals surface area contributed by atoms with Crippen LogP contribution in [0, 0.1) is 0 Å². The lowest BCUT2D eigenvalue weighted by atomic mass is 10.0. The minimum absolute atomic E-state index is 0.119. The van der Waals surface area contributed by atoms with Gasteiger partial charge in [0.05, 0.1) is 12.1 Å². The number of aromatic nitrogens is 3. The molecule has 0 N–H and O–H groups in total. The van der Waals surface area contributed by atoms with E-state index >= 15 is 0 Å². The smallest absolute Gasteiger partial charge is 0.338 e. The predicted molar refractivity (Wildman–Crippen MR) is 88.9 cm³/mol. The molecule has 1 atom stereocenters. The zero-order valence-electron chi connectivity index (χ0n) is 14.2. The second-order valence-electron chi connectivity index (χ2n) is 5.96. The highest BCUT2D eigenvalue weighted by atomic mass is 19.4. The molecule has 26 heavy (non-hydrogen) atoms. The average Bonchev–Trinajstić information content (AvgIpc) is 3.09. The Balaban J connectivity index is 1.68. The average molecular weight is 362 g/mol. The third kappa shape index (κ3) is 4.08. The van der Waals surface area contributed by atoms with Crippen LogP contribution in [0.15, 0.2) is 53.3 Å². The van der Waals surface area contributed by atoms with E-state index < -0.39 is 11.7 Å². The van der Waals surface area contributed by atoms with Gasteiger partial charge in [-0.1, -0.05) is 17.3 Å². The first-order valence-electron chi connectivity index (χ1n) is 7.95. The molecule has 1 aromatic carbocycles. The third-order valence-corrected chi connectivity index (χ3v) is 4.15. The predicted octanol–water partition coefficient (Wildman–Crippen LogP) is 4.34. The molecule has 136 valence electrons. The molecule has 0 radical (unpaired) electrons. The molecule has 3 rings (SSSR count). The fraction of sp³-hybridized carbons (Fsp3) is 0.278. The molecule has 0 saturated carbocycles. The van der Waals surface area contributed by atoms with E-state index in [2.05, 4.69) is 15.1 Å². The Kier molecular flexibility index (Phi) is 5.03. The molecule has 0 aliphatic carbocycles. The van der Waals surface area contributed by atoms with E-state index in [0.29, 0.717) is 18.3 Å². The number of benzene rings is 1. The summed E-state index contributed by atoms with van der Waals surface area (Å²) in [4.78, 5) is 10.3. The van der Waals surface area contributed by atoms with Gasteiger partial charge >= 0.3 is 6.18 Å². The summed E-state index contributed by atoms with van der Waals surface area (Å²) >= 11 is 0. The third-order valence-electron chi connectivity index (χ3n) is 4.15. The van der Waals surface area contributed by atoms with Crippen molar-refractivity contribution in [1.82, 2.24) is 20.0 Å². The SMILES string of the molecule is CC(c1ccc(C(F)(F)F)cc1)N(C)Cc1nc(-c2cccnc2)no1. The highest BCUT2D eigenvalue weighted by molar-refractivity contribution is 5.51. The monoisotopic (exact) mass is 362 g/mol. The van der Waals surface area contributed by atoms with Gasteiger partial charge in [-0.05, 0) is 43.8 Å². The van der Waals surface area contributed by atoms with Crippen LogP contribution in [-0.2, 0) is 12.7 Å². The summed E-state index contributed by atoms with van der Waals surface area (Å²) in [5.74, 6) is 0.869. The van der Waals surface area contributed by atoms with Crippen LogP contribution < -0.4 is 0 Å². The van der Waals surface area contributed by atoms with Gasteiger partial charge in [0.1, 0.15) is 0 Å². The van der Waals surface area contributed by atoms with Crippen molar-refractivity contribution in [2.75, 3.05) is 7.05 Å². The number of nitrogens with zero attached hydrogens (tertiary/aromatic N) is 4. The molecular formula is C18H17F3N4O. The standard InChI is InChI=1S/C18H17F3N4O/c1-12(13-5-7-15(8-6-13)18(19,20)21)25(2)11-16-23-17(24-26-16)14-4-3-9-22-10-14/h3-10,12H,11H2,1-2H3. The summed E-state index contributed by atoms with van der Waals surface area (Å²) < 4.78 is 43.3. The molecule has 1 unspecified atom stereocenters. The first-order valence-corrected chi connectivity index (χ1v) is 7.95. The first-order chi connectivity index (χ1) is 12.3. The van der Waals surface area contributed by atoms with Gasteiger partial charge in [0, 0.05) is 24.0 Å². The summed E-state index contributed by atoms with van der Waals surface area (Å²) in [7, 11) is 1.84. The van der Waals surface area contributed by atoms with Crippen LogP contribution in [0.1, 0.15) is 30.0 Å². The van der Waals surface area contributed by atoms with Crippen LogP contribution in [0.25, 0.3) is 11.4 Å². The van der Waals surface area contributed by atoms with Crippen molar-refractivity contribution in [2.45, 2.75) is 25.7 Å². The topological polar surface area (TPSA) is 55.1 Å². The van der Waals surface area contributed by atoms with E-state index in [0.717, 1.165) is 23.3 Å². The van der Waals surface area contributed by atoms with Crippen LogP contribution in [0.5, 0.6) is 0 Å². The van der Waals surface area contributed by atoms with Crippen molar-refractivity contribution in [3.05, 3.63) is 65.8 Å². The molecule has 0 fully saturated rings. The number of pyridine rings is 1. The quantitative estimate of drug-likeness (QED) is 0.676. The Hall–Kier alpha value is -2.74. The van der Waals surface area contributed by atoms with Crippen molar-refractivity contribution < 1.29 is 17.7 Å². The minimum atomic E-state index is -4.33. The Morgan fingerprint density at radius 1 is 1.15 bits per heavy atom. The van der Waals surface area contributed by atoms with Crippen molar-refractivity contribution in [1.29, 1.82) is 0 Å². The minimum Gasteiger partial charge on any atom is -0.338 e. The second kappa shape index (κ2) is 7.25. The molecular weight excluding hydrogens is 345 g/mol. The van der Waals surface area contributed by atoms with Gasteiger partial charge in [-0.25, -0.2) is 0 Å². The number of hydrogen-bond donors (Lipinski definition) is 0. The molecule has 0 spiro atoms. The van der Waals surface area contributed by atoms with Gasteiger partial charge in [-0.15, -0.1) is 0 Å². The summed E-state index contributed by atoms with van der Waals surface area (Å²) in [6.45, 7) is 2.27. The Bertz CT molecular complexity index is 847. The van der Waals surface area contributed by atoms with Gasteiger partial charge in [-0.2, -0.15) is 18.2 Å². The van der Waals surface area contributed by atoms with Crippen LogP contribution in [-0.4, -0.2) is 27.1 Å². The Morgan fingerprint density at radius 3 is 2.50 bits per heavy atom. The van der Waals surface area contributed by atoms with Crippen molar-refractivity contribution in [2.24, 2.45) is 0 Å². The van der Waals surface area contributed by atoms with Crippen molar-refractivity contribution in [3.63, 3.8) is 0 Å². The fourth-order valence-corrected chi connectivity index (χ4v) is 2.49. The molecule has 0 bridgehead atoms. The lowest BCUT2D eigenvalue weighted by molar-refractivity contribution is -0.137. The first kappa shape index (κ1) is 18.1. The lowest BCUT2D eigenvalue weighted by Crippen LogP contribution is -2.22. The molecule has 5 nitrogen and oxygen atoms in total. The van der Waals surface area contributed by atoms with E-state index in [4.69, 9.17) is 4.52 Å². The van der Waals surface area contributed by atoms with Gasteiger partial charge < -0.3 is 4.52 Å². The van der Waals surface area contributed by atoms with Gasteiger partial charge in [0.25, 0.3) is 0 Å². The molecule has 3 aromatic rings. The second-order valence-corrected chi connectivity index (χ2v) is 5.96. The molecule has 2 heterocycles. The van der Waals surface area contributed by atoms with Gasteiger partial charge in [-0.3, -0.25) is 9.88 Å². The summed E-state index contributed by atoms with van der Waals surface area (Å²) in [6.07, 6.45) is -1.03. The van der Waals surface area contributed by atoms with Crippen molar-refractivity contribution >= 4 is 0 Å². The maximum Gasteiger partial charge on any atom is 0.416 e. The number of halogens is 3. The highest BCUT2D eigenvalue weighted by Crippen LogP contribution is 2.30. The molecule has 0 saturated heterocycles. The Labute approximate surface area is 148 Å². The lowest BCUT2D eigenvalue weighted by Gasteiger charge is -2.23. The molecule has 0 aliphatic heterocycles. The van der Waals surface area contributed by atoms with Gasteiger partial charge in [0.2, 0.25) is 11.7 Å². The van der Waals surface area contributed by atoms with Crippen LogP contribution in [0.2, 0.25) is 0 Å². The largest absolute Gasteiger partial charge is 0.416 e. The molecule has 0 amide bonds. The van der Waals surface area contributed by atoms with Crippen LogP contribution >= 0.6 is 0 Å². The summed E-state index contributed by atoms with van der Waals surface area (Å²) in [5, 5.41) is 3.93. The van der Waals surface area contributed by atoms with Crippen LogP contribution in [0.3, 0.4) is 0 Å². The normalized spacial score (nSPS) is 13.2. The molecule has 8 heteroatoms. The number of hydrogen-bond acceptors (Lipinski definition) is 5. The molecule has 0 aliphatic rings. The highest BCUT2D eigenvalue weighted by Gasteiger charge is 2.30. The van der Waals surface area contributed by atoms with Crippen molar-refractivity contribution in [3.8, 4) is 11.4 Å². The number of rotatable bonds is 5. The van der Waals surface area contributed by atoms with E-state index in [1.165, 1.54) is 12.1 Å². The van der Waals surface area contributed by atoms with E-state index in [9.17, 15) is 13.2 Å². The number of alkyl halides is 3. The zero-order chi connectivity index (χ0) is 18.7. The molecule has 2 aromatic heterocycles. The van der Waals surface area contributed by atoms with E-state index in [1.807, 2.05) is 24.9 Å². The zero-order valence-corrected chi connectivity index (χ0v) is 14.2. The Morgan fingerprint density at radius 2 is 1.88 bits per heavy atom. The maximum atomic E-state index is 12.7. The van der Waals surface area contributed by atoms with E-state index in [-0.39, 0.29) is 6.04 Å². The summed E-state index contributed by atoms with van der Waals surface area (Å²) in [5.41, 5.74) is 0.863.